The van der Waals surface area contributed by atoms with Crippen molar-refractivity contribution in [3.05, 3.63) is 0 Å². The maximum Gasteiger partial charge on any atom is 0.147 e. The fourth-order valence-electron chi connectivity index (χ4n) is 6.41. The Bertz CT molecular complexity index is 383. The molecule has 3 heterocycles. The topological polar surface area (TPSA) is 21.7 Å². The summed E-state index contributed by atoms with van der Waals surface area (Å²) in [6, 6.07) is 0.918. The fraction of sp³-hybridized carbons (Fsp3) is 1.00. The van der Waals surface area contributed by atoms with Crippen LogP contribution in [-0.4, -0.2) is 43.0 Å². The Balaban J connectivity index is 1.50. The molecule has 3 heteroatoms. The zero-order chi connectivity index (χ0) is 12.4. The summed E-state index contributed by atoms with van der Waals surface area (Å²) in [6.07, 6.45) is 10.8. The summed E-state index contributed by atoms with van der Waals surface area (Å²) in [6.45, 7) is 3.27. The zero-order valence-corrected chi connectivity index (χ0v) is 11.7. The van der Waals surface area contributed by atoms with E-state index in [2.05, 4.69) is 4.90 Å². The van der Waals surface area contributed by atoms with Crippen molar-refractivity contribution in [2.24, 2.45) is 17.3 Å². The molecule has 7 atom stereocenters. The summed E-state index contributed by atoms with van der Waals surface area (Å²) >= 11 is 0. The highest BCUT2D eigenvalue weighted by Crippen LogP contribution is 2.61. The van der Waals surface area contributed by atoms with Gasteiger partial charge in [-0.25, -0.2) is 0 Å². The molecule has 0 radical (unpaired) electrons. The van der Waals surface area contributed by atoms with E-state index in [0.717, 1.165) is 17.9 Å². The van der Waals surface area contributed by atoms with Gasteiger partial charge in [-0.1, -0.05) is 12.8 Å². The van der Waals surface area contributed by atoms with Gasteiger partial charge in [0.2, 0.25) is 0 Å². The second-order valence-electron chi connectivity index (χ2n) is 7.61. The molecular weight excluding hydrogens is 238 g/mol. The molecule has 0 spiro atoms. The molecular formula is C16H25NO2. The minimum Gasteiger partial charge on any atom is -0.349 e. The van der Waals surface area contributed by atoms with Crippen LogP contribution in [0.4, 0.5) is 0 Å². The van der Waals surface area contributed by atoms with E-state index in [9.17, 15) is 0 Å². The largest absolute Gasteiger partial charge is 0.349 e. The molecule has 5 fully saturated rings. The van der Waals surface area contributed by atoms with Crippen molar-refractivity contribution in [3.63, 3.8) is 0 Å². The lowest BCUT2D eigenvalue weighted by Crippen LogP contribution is -2.58. The van der Waals surface area contributed by atoms with E-state index in [1.807, 2.05) is 0 Å². The predicted octanol–water partition coefficient (Wildman–Crippen LogP) is 2.40. The van der Waals surface area contributed by atoms with Crippen LogP contribution in [0.15, 0.2) is 0 Å². The van der Waals surface area contributed by atoms with Gasteiger partial charge in [0, 0.05) is 12.6 Å². The summed E-state index contributed by atoms with van der Waals surface area (Å²) in [4.78, 5) is 2.84. The van der Waals surface area contributed by atoms with Gasteiger partial charge in [-0.15, -0.1) is 0 Å². The average molecular weight is 263 g/mol. The van der Waals surface area contributed by atoms with E-state index in [4.69, 9.17) is 9.47 Å². The van der Waals surface area contributed by atoms with Crippen molar-refractivity contribution in [3.8, 4) is 0 Å². The molecule has 0 aromatic heterocycles. The van der Waals surface area contributed by atoms with Crippen LogP contribution in [-0.2, 0) is 9.47 Å². The van der Waals surface area contributed by atoms with E-state index >= 15 is 0 Å². The quantitative estimate of drug-likeness (QED) is 0.670. The van der Waals surface area contributed by atoms with Crippen molar-refractivity contribution >= 4 is 0 Å². The fourth-order valence-corrected chi connectivity index (χ4v) is 6.41. The van der Waals surface area contributed by atoms with Crippen molar-refractivity contribution in [2.75, 3.05) is 19.9 Å². The summed E-state index contributed by atoms with van der Waals surface area (Å²) in [7, 11) is 0. The second kappa shape index (κ2) is 3.96. The zero-order valence-electron chi connectivity index (χ0n) is 11.7. The Morgan fingerprint density at radius 1 is 1.00 bits per heavy atom. The second-order valence-corrected chi connectivity index (χ2v) is 7.61. The number of hydrogen-bond acceptors (Lipinski definition) is 3. The molecule has 5 rings (SSSR count). The van der Waals surface area contributed by atoms with E-state index in [1.165, 1.54) is 58.0 Å². The molecule has 3 saturated heterocycles. The molecule has 2 saturated carbocycles. The van der Waals surface area contributed by atoms with Crippen molar-refractivity contribution in [1.29, 1.82) is 0 Å². The van der Waals surface area contributed by atoms with Gasteiger partial charge < -0.3 is 9.47 Å². The number of ether oxygens (including phenoxy) is 2. The lowest BCUT2D eigenvalue weighted by atomic mass is 9.54. The third kappa shape index (κ3) is 1.44. The summed E-state index contributed by atoms with van der Waals surface area (Å²) < 4.78 is 11.6. The maximum absolute atomic E-state index is 5.85. The molecule has 7 unspecified atom stereocenters. The number of fused-ring (bicyclic) bond motifs is 2. The standard InChI is InChI=1S/C16H25NO2/c1-2-4-16-5-6-17(15(16)3-1)9-11-7-13-14(8-12(11)16)19-10-18-13/h11-15H,1-10H2. The lowest BCUT2D eigenvalue weighted by molar-refractivity contribution is -0.0920. The first-order chi connectivity index (χ1) is 9.37. The van der Waals surface area contributed by atoms with E-state index in [0.29, 0.717) is 24.4 Å². The van der Waals surface area contributed by atoms with Crippen LogP contribution in [0.2, 0.25) is 0 Å². The normalized spacial score (nSPS) is 59.4. The summed E-state index contributed by atoms with van der Waals surface area (Å²) in [5.41, 5.74) is 0.665. The Labute approximate surface area is 115 Å². The van der Waals surface area contributed by atoms with Gasteiger partial charge in [-0.2, -0.15) is 0 Å². The first kappa shape index (κ1) is 11.5. The molecule has 0 aromatic rings. The van der Waals surface area contributed by atoms with Crippen molar-refractivity contribution < 1.29 is 9.47 Å². The van der Waals surface area contributed by atoms with Gasteiger partial charge >= 0.3 is 0 Å². The van der Waals surface area contributed by atoms with Crippen LogP contribution >= 0.6 is 0 Å². The molecule has 19 heavy (non-hydrogen) atoms. The molecule has 3 nitrogen and oxygen atoms in total. The number of hydrogen-bond donors (Lipinski definition) is 0. The van der Waals surface area contributed by atoms with Gasteiger partial charge in [0.05, 0.1) is 12.2 Å². The van der Waals surface area contributed by atoms with Crippen molar-refractivity contribution in [1.82, 2.24) is 4.90 Å². The van der Waals surface area contributed by atoms with Crippen LogP contribution in [0.25, 0.3) is 0 Å². The summed E-state index contributed by atoms with van der Waals surface area (Å²) in [5, 5.41) is 0. The number of nitrogens with zero attached hydrogens (tertiary/aromatic N) is 1. The predicted molar refractivity (Wildman–Crippen MR) is 71.7 cm³/mol. The Hall–Kier alpha value is -0.120. The maximum atomic E-state index is 5.85. The third-order valence-corrected chi connectivity index (χ3v) is 7.12. The highest BCUT2D eigenvalue weighted by atomic mass is 16.7. The minimum absolute atomic E-state index is 0.415. The molecule has 2 bridgehead atoms. The Kier molecular flexibility index (Phi) is 2.40. The smallest absolute Gasteiger partial charge is 0.147 e. The highest BCUT2D eigenvalue weighted by molar-refractivity contribution is 5.12. The first-order valence-corrected chi connectivity index (χ1v) is 8.34. The molecule has 106 valence electrons. The molecule has 0 amide bonds. The van der Waals surface area contributed by atoms with E-state index in [1.54, 1.807) is 0 Å². The van der Waals surface area contributed by atoms with Gasteiger partial charge in [0.1, 0.15) is 6.79 Å². The van der Waals surface area contributed by atoms with E-state index < -0.39 is 0 Å². The molecule has 0 N–H and O–H groups in total. The Morgan fingerprint density at radius 2 is 1.89 bits per heavy atom. The SMILES string of the molecule is C1CCC23CCN(CC4CC5OCOC5CC42)C3C1. The number of rotatable bonds is 0. The monoisotopic (exact) mass is 263 g/mol. The molecule has 5 aliphatic rings. The number of piperidine rings is 1. The van der Waals surface area contributed by atoms with Crippen LogP contribution in [0.3, 0.4) is 0 Å². The third-order valence-electron chi connectivity index (χ3n) is 7.12. The highest BCUT2D eigenvalue weighted by Gasteiger charge is 2.60. The average Bonchev–Trinajstić information content (AvgIpc) is 3.00. The van der Waals surface area contributed by atoms with Crippen LogP contribution < -0.4 is 0 Å². The first-order valence-electron chi connectivity index (χ1n) is 8.34. The van der Waals surface area contributed by atoms with Gasteiger partial charge in [-0.3, -0.25) is 4.90 Å². The van der Waals surface area contributed by atoms with E-state index in [-0.39, 0.29) is 0 Å². The van der Waals surface area contributed by atoms with Gasteiger partial charge in [-0.05, 0) is 55.9 Å². The van der Waals surface area contributed by atoms with Crippen LogP contribution in [0.5, 0.6) is 0 Å². The van der Waals surface area contributed by atoms with Crippen LogP contribution in [0, 0.1) is 17.3 Å². The minimum atomic E-state index is 0.415. The molecule has 0 aromatic carbocycles. The van der Waals surface area contributed by atoms with Gasteiger partial charge in [0.15, 0.2) is 0 Å². The lowest BCUT2D eigenvalue weighted by Gasteiger charge is -2.57. The van der Waals surface area contributed by atoms with Crippen molar-refractivity contribution in [2.45, 2.75) is 63.2 Å². The summed E-state index contributed by atoms with van der Waals surface area (Å²) in [5.74, 6) is 1.82. The van der Waals surface area contributed by atoms with Crippen LogP contribution in [0.1, 0.15) is 44.9 Å². The molecule has 3 aliphatic heterocycles. The van der Waals surface area contributed by atoms with Gasteiger partial charge in [0.25, 0.3) is 0 Å². The Morgan fingerprint density at radius 3 is 2.84 bits per heavy atom. The molecule has 2 aliphatic carbocycles.